The van der Waals surface area contributed by atoms with Crippen LogP contribution in [-0.4, -0.2) is 30.7 Å². The normalized spacial score (nSPS) is 11.0. The number of nitrogens with one attached hydrogen (secondary N) is 2. The second-order valence-electron chi connectivity index (χ2n) is 5.78. The Balaban J connectivity index is 1.52. The van der Waals surface area contributed by atoms with Gasteiger partial charge in [0.25, 0.3) is 0 Å². The molecular formula is C19H22ClN3O2. The molecule has 0 saturated carbocycles. The predicted molar refractivity (Wildman–Crippen MR) is 101 cm³/mol. The van der Waals surface area contributed by atoms with Crippen molar-refractivity contribution < 1.29 is 9.47 Å². The maximum atomic E-state index is 6.14. The zero-order chi connectivity index (χ0) is 17.6. The Morgan fingerprint density at radius 1 is 1.16 bits per heavy atom. The lowest BCUT2D eigenvalue weighted by Gasteiger charge is -2.14. The van der Waals surface area contributed by atoms with Crippen LogP contribution in [0.5, 0.6) is 11.5 Å². The van der Waals surface area contributed by atoms with E-state index in [9.17, 15) is 0 Å². The molecule has 0 aliphatic carbocycles. The Hall–Kier alpha value is -2.24. The first-order chi connectivity index (χ1) is 12.2. The van der Waals surface area contributed by atoms with Gasteiger partial charge in [-0.1, -0.05) is 23.7 Å². The van der Waals surface area contributed by atoms with E-state index in [4.69, 9.17) is 21.1 Å². The van der Waals surface area contributed by atoms with Gasteiger partial charge in [0.2, 0.25) is 0 Å². The van der Waals surface area contributed by atoms with Gasteiger partial charge in [0, 0.05) is 29.6 Å². The highest BCUT2D eigenvalue weighted by Gasteiger charge is 2.11. The molecule has 0 atom stereocenters. The highest BCUT2D eigenvalue weighted by atomic mass is 35.5. The lowest BCUT2D eigenvalue weighted by Crippen LogP contribution is -2.16. The van der Waals surface area contributed by atoms with Crippen LogP contribution in [-0.2, 0) is 13.0 Å². The number of nitrogens with zero attached hydrogens (tertiary/aromatic N) is 1. The summed E-state index contributed by atoms with van der Waals surface area (Å²) in [7, 11) is 3.25. The van der Waals surface area contributed by atoms with Gasteiger partial charge in [0.1, 0.15) is 5.82 Å². The van der Waals surface area contributed by atoms with E-state index in [1.54, 1.807) is 20.3 Å². The fourth-order valence-corrected chi connectivity index (χ4v) is 3.10. The minimum Gasteiger partial charge on any atom is -0.493 e. The molecule has 0 amide bonds. The summed E-state index contributed by atoms with van der Waals surface area (Å²) in [5.74, 6) is 2.38. The third kappa shape index (κ3) is 4.24. The van der Waals surface area contributed by atoms with Gasteiger partial charge < -0.3 is 19.8 Å². The number of halogens is 1. The molecule has 0 bridgehead atoms. The van der Waals surface area contributed by atoms with Crippen molar-refractivity contribution >= 4 is 22.6 Å². The number of fused-ring (bicyclic) bond motifs is 1. The number of benzene rings is 2. The van der Waals surface area contributed by atoms with Crippen molar-refractivity contribution in [2.45, 2.75) is 19.4 Å². The van der Waals surface area contributed by atoms with E-state index in [0.717, 1.165) is 47.6 Å². The number of rotatable bonds is 8. The summed E-state index contributed by atoms with van der Waals surface area (Å²) in [4.78, 5) is 7.94. The van der Waals surface area contributed by atoms with E-state index in [1.165, 1.54) is 0 Å². The first-order valence-corrected chi connectivity index (χ1v) is 8.64. The third-order valence-corrected chi connectivity index (χ3v) is 4.26. The van der Waals surface area contributed by atoms with Crippen LogP contribution >= 0.6 is 11.6 Å². The molecular weight excluding hydrogens is 338 g/mol. The molecule has 0 radical (unpaired) electrons. The van der Waals surface area contributed by atoms with E-state index in [2.05, 4.69) is 15.3 Å². The van der Waals surface area contributed by atoms with E-state index in [0.29, 0.717) is 17.3 Å². The number of aryl methyl sites for hydroxylation is 1. The first kappa shape index (κ1) is 17.6. The van der Waals surface area contributed by atoms with Gasteiger partial charge in [-0.15, -0.1) is 0 Å². The summed E-state index contributed by atoms with van der Waals surface area (Å²) in [6, 6.07) is 11.7. The SMILES string of the molecule is COc1cc(Cl)cc(CNCCCc2nc3ccccc3[nH]2)c1OC. The molecule has 0 saturated heterocycles. The number of aromatic amines is 1. The van der Waals surface area contributed by atoms with Crippen LogP contribution in [0.3, 0.4) is 0 Å². The summed E-state index contributed by atoms with van der Waals surface area (Å²) in [5, 5.41) is 4.06. The smallest absolute Gasteiger partial charge is 0.165 e. The van der Waals surface area contributed by atoms with Crippen LogP contribution in [0, 0.1) is 0 Å². The van der Waals surface area contributed by atoms with Gasteiger partial charge in [-0.3, -0.25) is 0 Å². The van der Waals surface area contributed by atoms with Crippen molar-refractivity contribution in [3.63, 3.8) is 0 Å². The maximum Gasteiger partial charge on any atom is 0.165 e. The molecule has 6 heteroatoms. The standard InChI is InChI=1S/C19H22ClN3O2/c1-24-17-11-14(20)10-13(19(17)25-2)12-21-9-5-8-18-22-15-6-3-4-7-16(15)23-18/h3-4,6-7,10-11,21H,5,8-9,12H2,1-2H3,(H,22,23). The molecule has 132 valence electrons. The lowest BCUT2D eigenvalue weighted by atomic mass is 10.1. The molecule has 1 aromatic heterocycles. The average molecular weight is 360 g/mol. The summed E-state index contributed by atoms with van der Waals surface area (Å²) in [6.45, 7) is 1.54. The van der Waals surface area contributed by atoms with Crippen LogP contribution in [0.2, 0.25) is 5.02 Å². The van der Waals surface area contributed by atoms with Crippen molar-refractivity contribution in [1.29, 1.82) is 0 Å². The highest BCUT2D eigenvalue weighted by molar-refractivity contribution is 6.30. The number of hydrogen-bond donors (Lipinski definition) is 2. The molecule has 1 heterocycles. The zero-order valence-corrected chi connectivity index (χ0v) is 15.2. The van der Waals surface area contributed by atoms with Crippen molar-refractivity contribution in [1.82, 2.24) is 15.3 Å². The van der Waals surface area contributed by atoms with Gasteiger partial charge in [0.05, 0.1) is 25.3 Å². The maximum absolute atomic E-state index is 6.14. The van der Waals surface area contributed by atoms with Gasteiger partial charge >= 0.3 is 0 Å². The number of imidazole rings is 1. The molecule has 3 rings (SSSR count). The summed E-state index contributed by atoms with van der Waals surface area (Å²) >= 11 is 6.14. The molecule has 5 nitrogen and oxygen atoms in total. The molecule has 25 heavy (non-hydrogen) atoms. The molecule has 0 spiro atoms. The van der Waals surface area contributed by atoms with Crippen LogP contribution in [0.4, 0.5) is 0 Å². The average Bonchev–Trinajstić information content (AvgIpc) is 3.03. The van der Waals surface area contributed by atoms with E-state index in [1.807, 2.05) is 30.3 Å². The second kappa shape index (κ2) is 8.23. The van der Waals surface area contributed by atoms with Crippen LogP contribution < -0.4 is 14.8 Å². The zero-order valence-electron chi connectivity index (χ0n) is 14.4. The predicted octanol–water partition coefficient (Wildman–Crippen LogP) is 3.96. The number of hydrogen-bond acceptors (Lipinski definition) is 4. The summed E-state index contributed by atoms with van der Waals surface area (Å²) in [6.07, 6.45) is 1.89. The fraction of sp³-hybridized carbons (Fsp3) is 0.316. The van der Waals surface area contributed by atoms with Crippen LogP contribution in [0.15, 0.2) is 36.4 Å². The number of H-pyrrole nitrogens is 1. The Morgan fingerprint density at radius 3 is 2.76 bits per heavy atom. The Kier molecular flexibility index (Phi) is 5.79. The van der Waals surface area contributed by atoms with E-state index < -0.39 is 0 Å². The fourth-order valence-electron chi connectivity index (χ4n) is 2.87. The highest BCUT2D eigenvalue weighted by Crippen LogP contribution is 2.34. The molecule has 0 fully saturated rings. The van der Waals surface area contributed by atoms with Gasteiger partial charge in [0.15, 0.2) is 11.5 Å². The Morgan fingerprint density at radius 2 is 2.00 bits per heavy atom. The quantitative estimate of drug-likeness (QED) is 0.598. The topological polar surface area (TPSA) is 59.2 Å². The van der Waals surface area contributed by atoms with E-state index in [-0.39, 0.29) is 0 Å². The van der Waals surface area contributed by atoms with Crippen LogP contribution in [0.25, 0.3) is 11.0 Å². The summed E-state index contributed by atoms with van der Waals surface area (Å²) < 4.78 is 10.8. The number of methoxy groups -OCH3 is 2. The van der Waals surface area contributed by atoms with E-state index >= 15 is 0 Å². The Labute approximate surface area is 152 Å². The van der Waals surface area contributed by atoms with Crippen molar-refractivity contribution in [3.05, 3.63) is 52.8 Å². The largest absolute Gasteiger partial charge is 0.493 e. The second-order valence-corrected chi connectivity index (χ2v) is 6.22. The minimum absolute atomic E-state index is 0.636. The van der Waals surface area contributed by atoms with Crippen LogP contribution in [0.1, 0.15) is 17.8 Å². The molecule has 3 aromatic rings. The van der Waals surface area contributed by atoms with Crippen molar-refractivity contribution in [3.8, 4) is 11.5 Å². The first-order valence-electron chi connectivity index (χ1n) is 8.26. The number of aromatic nitrogens is 2. The monoisotopic (exact) mass is 359 g/mol. The molecule has 0 unspecified atom stereocenters. The molecule has 2 N–H and O–H groups in total. The van der Waals surface area contributed by atoms with Crippen molar-refractivity contribution in [2.75, 3.05) is 20.8 Å². The number of ether oxygens (including phenoxy) is 2. The van der Waals surface area contributed by atoms with Gasteiger partial charge in [-0.05, 0) is 31.2 Å². The molecule has 0 aliphatic heterocycles. The molecule has 2 aromatic carbocycles. The summed E-state index contributed by atoms with van der Waals surface area (Å²) in [5.41, 5.74) is 3.08. The van der Waals surface area contributed by atoms with Gasteiger partial charge in [-0.25, -0.2) is 4.98 Å². The lowest BCUT2D eigenvalue weighted by molar-refractivity contribution is 0.350. The Bertz CT molecular complexity index is 815. The van der Waals surface area contributed by atoms with Crippen molar-refractivity contribution in [2.24, 2.45) is 0 Å². The third-order valence-electron chi connectivity index (χ3n) is 4.04. The number of para-hydroxylation sites is 2. The molecule has 0 aliphatic rings. The minimum atomic E-state index is 0.636. The van der Waals surface area contributed by atoms with Gasteiger partial charge in [-0.2, -0.15) is 0 Å².